The van der Waals surface area contributed by atoms with Crippen molar-refractivity contribution in [2.75, 3.05) is 21.0 Å². The zero-order chi connectivity index (χ0) is 19.4. The number of fused-ring (bicyclic) bond motifs is 4. The summed E-state index contributed by atoms with van der Waals surface area (Å²) < 4.78 is 26.9. The third-order valence-corrected chi connectivity index (χ3v) is 4.94. The maximum absolute atomic E-state index is 12.6. The fourth-order valence-corrected chi connectivity index (χ4v) is 3.75. The molecular formula is C21H14O7. The monoisotopic (exact) mass is 378 g/mol. The summed E-state index contributed by atoms with van der Waals surface area (Å²) in [5, 5.41) is 1.25. The maximum atomic E-state index is 12.6. The Labute approximate surface area is 159 Å². The van der Waals surface area contributed by atoms with E-state index >= 15 is 0 Å². The van der Waals surface area contributed by atoms with Crippen LogP contribution in [-0.4, -0.2) is 33.0 Å². The number of hydrogen-bond donors (Lipinski definition) is 0. The minimum absolute atomic E-state index is 0.0687. The number of rotatable bonds is 3. The molecule has 3 aromatic carbocycles. The van der Waals surface area contributed by atoms with Crippen molar-refractivity contribution < 1.29 is 33.3 Å². The molecule has 0 bridgehead atoms. The van der Waals surface area contributed by atoms with E-state index in [9.17, 15) is 9.59 Å². The van der Waals surface area contributed by atoms with E-state index in [1.54, 1.807) is 31.4 Å². The number of ether oxygens (including phenoxy) is 5. The predicted molar refractivity (Wildman–Crippen MR) is 98.4 cm³/mol. The van der Waals surface area contributed by atoms with Crippen molar-refractivity contribution in [1.29, 1.82) is 0 Å². The number of carbonyl (C=O) groups excluding carboxylic acids is 2. The molecule has 0 aromatic heterocycles. The molecule has 5 rings (SSSR count). The first-order valence-corrected chi connectivity index (χ1v) is 8.51. The van der Waals surface area contributed by atoms with Crippen molar-refractivity contribution in [1.82, 2.24) is 0 Å². The SMILES string of the molecule is COc1ccc(-c2c3c(c(OC)c4ccc5c(c24)OCO5)C(=O)OC3=O)cc1. The third kappa shape index (κ3) is 2.10. The Morgan fingerprint density at radius 3 is 2.29 bits per heavy atom. The zero-order valence-corrected chi connectivity index (χ0v) is 15.0. The Kier molecular flexibility index (Phi) is 3.45. The van der Waals surface area contributed by atoms with Crippen LogP contribution in [-0.2, 0) is 4.74 Å². The van der Waals surface area contributed by atoms with Gasteiger partial charge in [-0.25, -0.2) is 9.59 Å². The molecule has 0 radical (unpaired) electrons. The molecule has 0 fully saturated rings. The molecular weight excluding hydrogens is 364 g/mol. The van der Waals surface area contributed by atoms with E-state index in [4.69, 9.17) is 23.7 Å². The molecule has 7 heteroatoms. The van der Waals surface area contributed by atoms with Gasteiger partial charge in [0.2, 0.25) is 6.79 Å². The molecule has 2 aliphatic rings. The van der Waals surface area contributed by atoms with Gasteiger partial charge in [0.15, 0.2) is 11.5 Å². The third-order valence-electron chi connectivity index (χ3n) is 4.94. The van der Waals surface area contributed by atoms with Crippen molar-refractivity contribution >= 4 is 22.7 Å². The molecule has 0 N–H and O–H groups in total. The second-order valence-corrected chi connectivity index (χ2v) is 6.29. The molecule has 7 nitrogen and oxygen atoms in total. The molecule has 2 aliphatic heterocycles. The summed E-state index contributed by atoms with van der Waals surface area (Å²) >= 11 is 0. The van der Waals surface area contributed by atoms with E-state index in [0.29, 0.717) is 39.1 Å². The van der Waals surface area contributed by atoms with Gasteiger partial charge in [0.05, 0.1) is 19.8 Å². The highest BCUT2D eigenvalue weighted by atomic mass is 16.7. The lowest BCUT2D eigenvalue weighted by atomic mass is 9.89. The van der Waals surface area contributed by atoms with Crippen molar-refractivity contribution in [2.45, 2.75) is 0 Å². The predicted octanol–water partition coefficient (Wildman–Crippen LogP) is 3.56. The Hall–Kier alpha value is -3.74. The van der Waals surface area contributed by atoms with Gasteiger partial charge in [0.25, 0.3) is 0 Å². The van der Waals surface area contributed by atoms with Crippen molar-refractivity contribution in [2.24, 2.45) is 0 Å². The van der Waals surface area contributed by atoms with Crippen molar-refractivity contribution in [3.05, 3.63) is 47.5 Å². The van der Waals surface area contributed by atoms with Gasteiger partial charge in [-0.2, -0.15) is 0 Å². The summed E-state index contributed by atoms with van der Waals surface area (Å²) in [5.41, 5.74) is 1.51. The van der Waals surface area contributed by atoms with Gasteiger partial charge < -0.3 is 23.7 Å². The summed E-state index contributed by atoms with van der Waals surface area (Å²) in [4.78, 5) is 25.0. The molecule has 0 unspecified atom stereocenters. The average molecular weight is 378 g/mol. The van der Waals surface area contributed by atoms with Crippen LogP contribution in [0.4, 0.5) is 0 Å². The normalized spacial score (nSPS) is 14.2. The largest absolute Gasteiger partial charge is 0.497 e. The first-order valence-electron chi connectivity index (χ1n) is 8.51. The Balaban J connectivity index is 1.97. The minimum Gasteiger partial charge on any atom is -0.497 e. The molecule has 2 heterocycles. The summed E-state index contributed by atoms with van der Waals surface area (Å²) in [6.45, 7) is 0.0687. The van der Waals surface area contributed by atoms with Crippen molar-refractivity contribution in [3.8, 4) is 34.1 Å². The van der Waals surface area contributed by atoms with E-state index in [-0.39, 0.29) is 23.7 Å². The quantitative estimate of drug-likeness (QED) is 0.509. The van der Waals surface area contributed by atoms with Gasteiger partial charge in [-0.05, 0) is 29.8 Å². The van der Waals surface area contributed by atoms with Gasteiger partial charge >= 0.3 is 11.9 Å². The number of benzene rings is 3. The summed E-state index contributed by atoms with van der Waals surface area (Å²) in [6.07, 6.45) is 0. The minimum atomic E-state index is -0.730. The van der Waals surface area contributed by atoms with E-state index < -0.39 is 11.9 Å². The van der Waals surface area contributed by atoms with Gasteiger partial charge in [-0.3, -0.25) is 0 Å². The molecule has 0 saturated heterocycles. The number of esters is 2. The van der Waals surface area contributed by atoms with E-state index in [1.807, 2.05) is 12.1 Å². The van der Waals surface area contributed by atoms with E-state index in [1.165, 1.54) is 7.11 Å². The van der Waals surface area contributed by atoms with Crippen LogP contribution < -0.4 is 18.9 Å². The lowest BCUT2D eigenvalue weighted by molar-refractivity contribution is 0.0443. The number of carbonyl (C=O) groups is 2. The number of cyclic esters (lactones) is 2. The van der Waals surface area contributed by atoms with Gasteiger partial charge in [0.1, 0.15) is 17.1 Å². The van der Waals surface area contributed by atoms with E-state index in [0.717, 1.165) is 0 Å². The fraction of sp³-hybridized carbons (Fsp3) is 0.143. The molecule has 0 atom stereocenters. The summed E-state index contributed by atoms with van der Waals surface area (Å²) in [7, 11) is 3.02. The topological polar surface area (TPSA) is 80.3 Å². The van der Waals surface area contributed by atoms with Gasteiger partial charge in [-0.1, -0.05) is 12.1 Å². The first kappa shape index (κ1) is 16.4. The molecule has 3 aromatic rings. The van der Waals surface area contributed by atoms with E-state index in [2.05, 4.69) is 0 Å². The Morgan fingerprint density at radius 2 is 1.57 bits per heavy atom. The molecule has 0 saturated carbocycles. The Morgan fingerprint density at radius 1 is 0.821 bits per heavy atom. The highest BCUT2D eigenvalue weighted by Crippen LogP contribution is 2.51. The van der Waals surface area contributed by atoms with Crippen molar-refractivity contribution in [3.63, 3.8) is 0 Å². The van der Waals surface area contributed by atoms with Crippen LogP contribution in [0.25, 0.3) is 21.9 Å². The van der Waals surface area contributed by atoms with Crippen LogP contribution in [0.1, 0.15) is 20.7 Å². The summed E-state index contributed by atoms with van der Waals surface area (Å²) in [6, 6.07) is 10.7. The molecule has 0 aliphatic carbocycles. The van der Waals surface area contributed by atoms with Crippen LogP contribution in [0.2, 0.25) is 0 Å². The number of hydrogen-bond acceptors (Lipinski definition) is 7. The standard InChI is InChI=1S/C21H14O7/c1-24-11-5-3-10(4-6-11)14-15-12(7-8-13-19(15)27-9-26-13)18(25-2)17-16(14)20(22)28-21(17)23/h3-8H,9H2,1-2H3. The fourth-order valence-electron chi connectivity index (χ4n) is 3.75. The molecule has 0 spiro atoms. The second kappa shape index (κ2) is 5.88. The molecule has 140 valence electrons. The smallest absolute Gasteiger partial charge is 0.350 e. The first-order chi connectivity index (χ1) is 13.6. The van der Waals surface area contributed by atoms with Gasteiger partial charge in [-0.15, -0.1) is 0 Å². The lowest BCUT2D eigenvalue weighted by Gasteiger charge is -2.16. The zero-order valence-electron chi connectivity index (χ0n) is 15.0. The second-order valence-electron chi connectivity index (χ2n) is 6.29. The average Bonchev–Trinajstić information content (AvgIpc) is 3.31. The van der Waals surface area contributed by atoms with Gasteiger partial charge in [0, 0.05) is 16.3 Å². The van der Waals surface area contributed by atoms with Crippen LogP contribution in [0.15, 0.2) is 36.4 Å². The number of methoxy groups -OCH3 is 2. The molecule has 28 heavy (non-hydrogen) atoms. The molecule has 0 amide bonds. The van der Waals surface area contributed by atoms with Crippen LogP contribution in [0.5, 0.6) is 23.0 Å². The summed E-state index contributed by atoms with van der Waals surface area (Å²) in [5.74, 6) is 0.547. The Bertz CT molecular complexity index is 1160. The maximum Gasteiger partial charge on any atom is 0.350 e. The van der Waals surface area contributed by atoms with Crippen LogP contribution in [0, 0.1) is 0 Å². The highest BCUT2D eigenvalue weighted by molar-refractivity contribution is 6.26. The highest BCUT2D eigenvalue weighted by Gasteiger charge is 2.39. The van der Waals surface area contributed by atoms with Crippen LogP contribution in [0.3, 0.4) is 0 Å². The lowest BCUT2D eigenvalue weighted by Crippen LogP contribution is -2.02. The van der Waals surface area contributed by atoms with Crippen LogP contribution >= 0.6 is 0 Å².